The molecule has 94 valence electrons. The Bertz CT molecular complexity index is 256. The highest BCUT2D eigenvalue weighted by Crippen LogP contribution is 2.27. The van der Waals surface area contributed by atoms with Gasteiger partial charge in [-0.2, -0.15) is 13.2 Å². The van der Waals surface area contributed by atoms with E-state index in [2.05, 4.69) is 0 Å². The molecule has 1 atom stereocenters. The minimum Gasteiger partial charge on any atom is -0.299 e. The Hall–Kier alpha value is -0.870. The van der Waals surface area contributed by atoms with E-state index in [1.807, 2.05) is 0 Å². The minimum absolute atomic E-state index is 0.115. The molecule has 0 aliphatic carbocycles. The van der Waals surface area contributed by atoms with E-state index in [-0.39, 0.29) is 24.5 Å². The highest BCUT2D eigenvalue weighted by molar-refractivity contribution is 6.00. The first-order valence-corrected chi connectivity index (χ1v) is 5.29. The van der Waals surface area contributed by atoms with Gasteiger partial charge in [0.05, 0.1) is 12.8 Å². The summed E-state index contributed by atoms with van der Waals surface area (Å²) in [5.74, 6) is -2.29. The molecular weight excluding hydrogens is 221 g/mol. The predicted molar refractivity (Wildman–Crippen MR) is 53.9 cm³/mol. The van der Waals surface area contributed by atoms with Crippen LogP contribution in [0.2, 0.25) is 0 Å². The Kier molecular flexibility index (Phi) is 5.68. The van der Waals surface area contributed by atoms with Crippen LogP contribution in [0.5, 0.6) is 0 Å². The highest BCUT2D eigenvalue weighted by atomic mass is 19.4. The topological polar surface area (TPSA) is 34.1 Å². The van der Waals surface area contributed by atoms with Gasteiger partial charge >= 0.3 is 6.18 Å². The van der Waals surface area contributed by atoms with E-state index in [9.17, 15) is 22.8 Å². The Labute approximate surface area is 93.2 Å². The third-order valence-electron chi connectivity index (χ3n) is 2.42. The van der Waals surface area contributed by atoms with Gasteiger partial charge in [0.25, 0.3) is 0 Å². The van der Waals surface area contributed by atoms with Crippen molar-refractivity contribution in [1.82, 2.24) is 0 Å². The fourth-order valence-electron chi connectivity index (χ4n) is 1.29. The van der Waals surface area contributed by atoms with Crippen LogP contribution in [0.1, 0.15) is 40.0 Å². The molecule has 0 radical (unpaired) electrons. The number of carbonyl (C=O) groups is 2. The summed E-state index contributed by atoms with van der Waals surface area (Å²) in [5, 5.41) is 0. The number of rotatable bonds is 6. The molecule has 0 N–H and O–H groups in total. The van der Waals surface area contributed by atoms with Crippen molar-refractivity contribution in [1.29, 1.82) is 0 Å². The van der Waals surface area contributed by atoms with Gasteiger partial charge in [0.15, 0.2) is 0 Å². The van der Waals surface area contributed by atoms with Gasteiger partial charge in [0, 0.05) is 11.8 Å². The van der Waals surface area contributed by atoms with E-state index in [1.165, 1.54) is 6.92 Å². The second-order valence-electron chi connectivity index (χ2n) is 4.19. The first-order chi connectivity index (χ1) is 7.17. The van der Waals surface area contributed by atoms with Crippen LogP contribution in [-0.2, 0) is 9.59 Å². The van der Waals surface area contributed by atoms with E-state index in [0.29, 0.717) is 0 Å². The zero-order chi connectivity index (χ0) is 12.9. The van der Waals surface area contributed by atoms with Crippen molar-refractivity contribution >= 4 is 11.6 Å². The second kappa shape index (κ2) is 6.01. The number of halogens is 3. The lowest BCUT2D eigenvalue weighted by Gasteiger charge is -2.15. The number of Topliss-reactive ketones (excluding diaryl/α,β-unsaturated/α-hetero) is 2. The summed E-state index contributed by atoms with van der Waals surface area (Å²) in [6.07, 6.45) is -5.75. The fourth-order valence-corrected chi connectivity index (χ4v) is 1.29. The first-order valence-electron chi connectivity index (χ1n) is 5.29. The molecule has 0 aromatic heterocycles. The van der Waals surface area contributed by atoms with Gasteiger partial charge in [-0.25, -0.2) is 0 Å². The van der Waals surface area contributed by atoms with Gasteiger partial charge in [0.1, 0.15) is 11.6 Å². The third-order valence-corrected chi connectivity index (χ3v) is 2.42. The molecule has 0 aromatic rings. The van der Waals surface area contributed by atoms with E-state index in [0.717, 1.165) is 0 Å². The second-order valence-corrected chi connectivity index (χ2v) is 4.19. The first kappa shape index (κ1) is 15.1. The van der Waals surface area contributed by atoms with Crippen molar-refractivity contribution in [3.8, 4) is 0 Å². The molecular formula is C11H17F3O2. The maximum atomic E-state index is 12.1. The average molecular weight is 238 g/mol. The van der Waals surface area contributed by atoms with Crippen molar-refractivity contribution in [2.75, 3.05) is 0 Å². The summed E-state index contributed by atoms with van der Waals surface area (Å²) in [4.78, 5) is 22.7. The molecule has 0 heterocycles. The average Bonchev–Trinajstić information content (AvgIpc) is 2.12. The third kappa shape index (κ3) is 5.88. The molecule has 5 heteroatoms. The Morgan fingerprint density at radius 1 is 1.12 bits per heavy atom. The SMILES string of the molecule is CCC(CC(F)(F)F)C(=O)CC(=O)C(C)C. The van der Waals surface area contributed by atoms with Gasteiger partial charge < -0.3 is 0 Å². The molecule has 0 spiro atoms. The van der Waals surface area contributed by atoms with E-state index < -0.39 is 24.3 Å². The Balaban J connectivity index is 4.38. The summed E-state index contributed by atoms with van der Waals surface area (Å²) in [7, 11) is 0. The summed E-state index contributed by atoms with van der Waals surface area (Å²) in [5.41, 5.74) is 0. The molecule has 2 nitrogen and oxygen atoms in total. The molecule has 0 saturated carbocycles. The number of alkyl halides is 3. The molecule has 0 fully saturated rings. The number of hydrogen-bond acceptors (Lipinski definition) is 2. The van der Waals surface area contributed by atoms with Gasteiger partial charge in [0.2, 0.25) is 0 Å². The zero-order valence-electron chi connectivity index (χ0n) is 9.73. The van der Waals surface area contributed by atoms with Crippen LogP contribution >= 0.6 is 0 Å². The van der Waals surface area contributed by atoms with Crippen LogP contribution < -0.4 is 0 Å². The summed E-state index contributed by atoms with van der Waals surface area (Å²) >= 11 is 0. The maximum Gasteiger partial charge on any atom is 0.389 e. The maximum absolute atomic E-state index is 12.1. The van der Waals surface area contributed by atoms with Gasteiger partial charge in [-0.3, -0.25) is 9.59 Å². The van der Waals surface area contributed by atoms with Crippen LogP contribution in [0.15, 0.2) is 0 Å². The standard InChI is InChI=1S/C11H17F3O2/c1-4-8(6-11(12,13)14)10(16)5-9(15)7(2)3/h7-8H,4-6H2,1-3H3. The van der Waals surface area contributed by atoms with Crippen molar-refractivity contribution in [2.24, 2.45) is 11.8 Å². The van der Waals surface area contributed by atoms with E-state index in [1.54, 1.807) is 13.8 Å². The van der Waals surface area contributed by atoms with Crippen LogP contribution in [0.4, 0.5) is 13.2 Å². The molecule has 0 aromatic carbocycles. The van der Waals surface area contributed by atoms with Gasteiger partial charge in [-0.05, 0) is 6.42 Å². The Morgan fingerprint density at radius 2 is 1.62 bits per heavy atom. The van der Waals surface area contributed by atoms with Crippen LogP contribution in [-0.4, -0.2) is 17.7 Å². The van der Waals surface area contributed by atoms with Crippen LogP contribution in [0, 0.1) is 11.8 Å². The monoisotopic (exact) mass is 238 g/mol. The summed E-state index contributed by atoms with van der Waals surface area (Å²) in [6, 6.07) is 0. The Morgan fingerprint density at radius 3 is 1.94 bits per heavy atom. The van der Waals surface area contributed by atoms with Crippen LogP contribution in [0.25, 0.3) is 0 Å². The van der Waals surface area contributed by atoms with Crippen molar-refractivity contribution in [2.45, 2.75) is 46.2 Å². The lowest BCUT2D eigenvalue weighted by molar-refractivity contribution is -0.154. The molecule has 0 bridgehead atoms. The predicted octanol–water partition coefficient (Wildman–Crippen LogP) is 3.15. The molecule has 0 rings (SSSR count). The molecule has 0 saturated heterocycles. The number of ketones is 2. The van der Waals surface area contributed by atoms with Crippen molar-refractivity contribution in [3.05, 3.63) is 0 Å². The minimum atomic E-state index is -4.35. The fraction of sp³-hybridized carbons (Fsp3) is 0.818. The summed E-state index contributed by atoms with van der Waals surface area (Å²) in [6.45, 7) is 4.77. The molecule has 0 aliphatic rings. The van der Waals surface area contributed by atoms with E-state index >= 15 is 0 Å². The highest BCUT2D eigenvalue weighted by Gasteiger charge is 2.34. The summed E-state index contributed by atoms with van der Waals surface area (Å²) < 4.78 is 36.3. The van der Waals surface area contributed by atoms with Crippen molar-refractivity contribution < 1.29 is 22.8 Å². The largest absolute Gasteiger partial charge is 0.389 e. The number of carbonyl (C=O) groups excluding carboxylic acids is 2. The van der Waals surface area contributed by atoms with E-state index in [4.69, 9.17) is 0 Å². The molecule has 1 unspecified atom stereocenters. The van der Waals surface area contributed by atoms with Gasteiger partial charge in [-0.15, -0.1) is 0 Å². The number of hydrogen-bond donors (Lipinski definition) is 0. The van der Waals surface area contributed by atoms with Crippen molar-refractivity contribution in [3.63, 3.8) is 0 Å². The molecule has 0 amide bonds. The quantitative estimate of drug-likeness (QED) is 0.666. The van der Waals surface area contributed by atoms with Gasteiger partial charge in [-0.1, -0.05) is 20.8 Å². The lowest BCUT2D eigenvalue weighted by atomic mass is 9.91. The smallest absolute Gasteiger partial charge is 0.299 e. The molecule has 16 heavy (non-hydrogen) atoms. The zero-order valence-corrected chi connectivity index (χ0v) is 9.73. The normalized spacial score (nSPS) is 13.9. The lowest BCUT2D eigenvalue weighted by Crippen LogP contribution is -2.25. The van der Waals surface area contributed by atoms with Crippen LogP contribution in [0.3, 0.4) is 0 Å². The molecule has 0 aliphatic heterocycles.